The van der Waals surface area contributed by atoms with Gasteiger partial charge in [0.25, 0.3) is 0 Å². The molecule has 90 valence electrons. The average molecular weight is 235 g/mol. The maximum Gasteiger partial charge on any atom is 0.123 e. The molecular weight excluding hydrogens is 221 g/mol. The zero-order chi connectivity index (χ0) is 12.3. The number of hydrogen-bond acceptors (Lipinski definition) is 3. The Kier molecular flexibility index (Phi) is 3.41. The molecule has 0 saturated carbocycles. The van der Waals surface area contributed by atoms with E-state index < -0.39 is 11.5 Å². The standard InChI is InChI=1S/C13H14FNO2/c14-11-4-2-10(3-5-11)12(16)13(8-15)6-1-7-17-9-13/h2-5,12,16H,1,6-7,9H2. The lowest BCUT2D eigenvalue weighted by atomic mass is 9.76. The molecular formula is C13H14FNO2. The molecule has 2 atom stereocenters. The van der Waals surface area contributed by atoms with E-state index in [0.29, 0.717) is 18.6 Å². The number of halogens is 1. The van der Waals surface area contributed by atoms with Crippen LogP contribution in [0, 0.1) is 22.6 Å². The van der Waals surface area contributed by atoms with Gasteiger partial charge in [-0.2, -0.15) is 5.26 Å². The number of rotatable bonds is 2. The average Bonchev–Trinajstić information content (AvgIpc) is 2.39. The van der Waals surface area contributed by atoms with Crippen LogP contribution in [0.4, 0.5) is 4.39 Å². The van der Waals surface area contributed by atoms with Crippen molar-refractivity contribution in [2.24, 2.45) is 5.41 Å². The predicted octanol–water partition coefficient (Wildman–Crippen LogP) is 2.18. The molecule has 2 rings (SSSR count). The second kappa shape index (κ2) is 4.82. The Labute approximate surface area is 99.4 Å². The summed E-state index contributed by atoms with van der Waals surface area (Å²) in [6.45, 7) is 0.849. The monoisotopic (exact) mass is 235 g/mol. The molecule has 1 saturated heterocycles. The third kappa shape index (κ3) is 2.31. The Balaban J connectivity index is 2.25. The summed E-state index contributed by atoms with van der Waals surface area (Å²) in [6, 6.07) is 7.75. The Morgan fingerprint density at radius 2 is 2.12 bits per heavy atom. The van der Waals surface area contributed by atoms with Crippen molar-refractivity contribution < 1.29 is 14.2 Å². The van der Waals surface area contributed by atoms with Crippen molar-refractivity contribution in [3.63, 3.8) is 0 Å². The molecule has 0 amide bonds. The molecule has 3 nitrogen and oxygen atoms in total. The molecule has 0 aliphatic carbocycles. The lowest BCUT2D eigenvalue weighted by Crippen LogP contribution is -2.36. The van der Waals surface area contributed by atoms with Crippen LogP contribution in [0.1, 0.15) is 24.5 Å². The maximum absolute atomic E-state index is 12.8. The summed E-state index contributed by atoms with van der Waals surface area (Å²) in [5.41, 5.74) is -0.353. The number of ether oxygens (including phenoxy) is 1. The highest BCUT2D eigenvalue weighted by Gasteiger charge is 2.41. The number of aliphatic hydroxyl groups excluding tert-OH is 1. The molecule has 0 bridgehead atoms. The minimum atomic E-state index is -0.937. The van der Waals surface area contributed by atoms with Crippen LogP contribution in [-0.2, 0) is 4.74 Å². The minimum Gasteiger partial charge on any atom is -0.387 e. The second-order valence-corrected chi connectivity index (χ2v) is 4.38. The van der Waals surface area contributed by atoms with Gasteiger partial charge >= 0.3 is 0 Å². The van der Waals surface area contributed by atoms with Gasteiger partial charge < -0.3 is 9.84 Å². The molecule has 1 aromatic rings. The molecule has 1 aliphatic heterocycles. The van der Waals surface area contributed by atoms with Crippen LogP contribution in [-0.4, -0.2) is 18.3 Å². The highest BCUT2D eigenvalue weighted by molar-refractivity contribution is 5.24. The van der Waals surface area contributed by atoms with Crippen molar-refractivity contribution in [3.05, 3.63) is 35.6 Å². The van der Waals surface area contributed by atoms with Gasteiger partial charge in [0.15, 0.2) is 0 Å². The van der Waals surface area contributed by atoms with Crippen molar-refractivity contribution in [3.8, 4) is 6.07 Å². The van der Waals surface area contributed by atoms with Gasteiger partial charge in [-0.25, -0.2) is 4.39 Å². The van der Waals surface area contributed by atoms with E-state index in [-0.39, 0.29) is 12.4 Å². The smallest absolute Gasteiger partial charge is 0.123 e. The van der Waals surface area contributed by atoms with Gasteiger partial charge in [-0.05, 0) is 30.5 Å². The van der Waals surface area contributed by atoms with E-state index in [1.165, 1.54) is 24.3 Å². The predicted molar refractivity (Wildman–Crippen MR) is 59.5 cm³/mol. The molecule has 2 unspecified atom stereocenters. The first-order valence-electron chi connectivity index (χ1n) is 5.60. The fraction of sp³-hybridized carbons (Fsp3) is 0.462. The SMILES string of the molecule is N#CC1(C(O)c2ccc(F)cc2)CCCOC1. The van der Waals surface area contributed by atoms with Crippen LogP contribution in [0.15, 0.2) is 24.3 Å². The summed E-state index contributed by atoms with van der Waals surface area (Å²) in [5, 5.41) is 19.5. The molecule has 0 spiro atoms. The van der Waals surface area contributed by atoms with Crippen LogP contribution < -0.4 is 0 Å². The Bertz CT molecular complexity index is 418. The zero-order valence-electron chi connectivity index (χ0n) is 9.40. The Morgan fingerprint density at radius 1 is 1.41 bits per heavy atom. The molecule has 1 aliphatic rings. The number of benzene rings is 1. The van der Waals surface area contributed by atoms with E-state index >= 15 is 0 Å². The van der Waals surface area contributed by atoms with Gasteiger partial charge in [0.05, 0.1) is 18.8 Å². The van der Waals surface area contributed by atoms with Gasteiger partial charge in [-0.15, -0.1) is 0 Å². The van der Waals surface area contributed by atoms with Crippen LogP contribution >= 0.6 is 0 Å². The van der Waals surface area contributed by atoms with E-state index in [1.807, 2.05) is 0 Å². The first kappa shape index (κ1) is 12.0. The molecule has 1 N–H and O–H groups in total. The summed E-state index contributed by atoms with van der Waals surface area (Å²) in [5.74, 6) is -0.355. The van der Waals surface area contributed by atoms with Gasteiger partial charge in [0, 0.05) is 6.61 Å². The lowest BCUT2D eigenvalue weighted by molar-refractivity contribution is -0.0506. The van der Waals surface area contributed by atoms with E-state index in [2.05, 4.69) is 6.07 Å². The Morgan fingerprint density at radius 3 is 2.65 bits per heavy atom. The van der Waals surface area contributed by atoms with Crippen LogP contribution in [0.25, 0.3) is 0 Å². The molecule has 0 radical (unpaired) electrons. The van der Waals surface area contributed by atoms with Crippen LogP contribution in [0.5, 0.6) is 0 Å². The quantitative estimate of drug-likeness (QED) is 0.854. The first-order chi connectivity index (χ1) is 8.18. The van der Waals surface area contributed by atoms with Crippen molar-refractivity contribution in [2.75, 3.05) is 13.2 Å². The lowest BCUT2D eigenvalue weighted by Gasteiger charge is -2.34. The number of nitrogens with zero attached hydrogens (tertiary/aromatic N) is 1. The van der Waals surface area contributed by atoms with Gasteiger partial charge in [-0.3, -0.25) is 0 Å². The van der Waals surface area contributed by atoms with Crippen molar-refractivity contribution >= 4 is 0 Å². The molecule has 1 aromatic carbocycles. The minimum absolute atomic E-state index is 0.224. The molecule has 4 heteroatoms. The number of hydrogen-bond donors (Lipinski definition) is 1. The van der Waals surface area contributed by atoms with Crippen molar-refractivity contribution in [1.82, 2.24) is 0 Å². The second-order valence-electron chi connectivity index (χ2n) is 4.38. The number of aliphatic hydroxyl groups is 1. The van der Waals surface area contributed by atoms with E-state index in [4.69, 9.17) is 4.74 Å². The fourth-order valence-electron chi connectivity index (χ4n) is 2.15. The van der Waals surface area contributed by atoms with Gasteiger partial charge in [0.1, 0.15) is 11.2 Å². The van der Waals surface area contributed by atoms with Crippen molar-refractivity contribution in [2.45, 2.75) is 18.9 Å². The highest BCUT2D eigenvalue weighted by Crippen LogP contribution is 2.40. The maximum atomic E-state index is 12.8. The first-order valence-corrected chi connectivity index (χ1v) is 5.60. The van der Waals surface area contributed by atoms with Crippen LogP contribution in [0.3, 0.4) is 0 Å². The summed E-state index contributed by atoms with van der Waals surface area (Å²) < 4.78 is 18.1. The summed E-state index contributed by atoms with van der Waals surface area (Å²) in [4.78, 5) is 0. The number of nitriles is 1. The zero-order valence-corrected chi connectivity index (χ0v) is 9.40. The molecule has 0 aromatic heterocycles. The third-order valence-corrected chi connectivity index (χ3v) is 3.20. The summed E-state index contributed by atoms with van der Waals surface area (Å²) in [7, 11) is 0. The van der Waals surface area contributed by atoms with Crippen LogP contribution in [0.2, 0.25) is 0 Å². The Hall–Kier alpha value is -1.44. The van der Waals surface area contributed by atoms with Gasteiger partial charge in [-0.1, -0.05) is 12.1 Å². The molecule has 1 heterocycles. The largest absolute Gasteiger partial charge is 0.387 e. The van der Waals surface area contributed by atoms with E-state index in [9.17, 15) is 14.8 Å². The van der Waals surface area contributed by atoms with Crippen molar-refractivity contribution in [1.29, 1.82) is 5.26 Å². The van der Waals surface area contributed by atoms with E-state index in [0.717, 1.165) is 6.42 Å². The highest BCUT2D eigenvalue weighted by atomic mass is 19.1. The summed E-state index contributed by atoms with van der Waals surface area (Å²) >= 11 is 0. The topological polar surface area (TPSA) is 53.2 Å². The van der Waals surface area contributed by atoms with E-state index in [1.54, 1.807) is 0 Å². The summed E-state index contributed by atoms with van der Waals surface area (Å²) in [6.07, 6.45) is 0.418. The fourth-order valence-corrected chi connectivity index (χ4v) is 2.15. The van der Waals surface area contributed by atoms with Gasteiger partial charge in [0.2, 0.25) is 0 Å². The normalized spacial score (nSPS) is 26.2. The third-order valence-electron chi connectivity index (χ3n) is 3.20. The molecule has 1 fully saturated rings. The molecule has 17 heavy (non-hydrogen) atoms.